The molecule has 1 heterocycles. The fourth-order valence-electron chi connectivity index (χ4n) is 1.60. The molecule has 0 aromatic carbocycles. The molecule has 12 heavy (non-hydrogen) atoms. The summed E-state index contributed by atoms with van der Waals surface area (Å²) < 4.78 is 5.67. The fraction of sp³-hybridized carbons (Fsp3) is 0.818. The Hall–Kier alpha value is -0.300. The van der Waals surface area contributed by atoms with Gasteiger partial charge >= 0.3 is 0 Å². The second-order valence-corrected chi connectivity index (χ2v) is 3.59. The van der Waals surface area contributed by atoms with Crippen LogP contribution in [0.1, 0.15) is 46.0 Å². The molecule has 1 aliphatic rings. The molecule has 0 radical (unpaired) electrons. The zero-order valence-electron chi connectivity index (χ0n) is 8.31. The van der Waals surface area contributed by atoms with Crippen molar-refractivity contribution in [1.82, 2.24) is 0 Å². The number of rotatable bonds is 3. The molecule has 1 unspecified atom stereocenters. The number of hydrogen-bond acceptors (Lipinski definition) is 1. The Balaban J connectivity index is 2.33. The third-order valence-corrected chi connectivity index (χ3v) is 2.44. The summed E-state index contributed by atoms with van der Waals surface area (Å²) in [5, 5.41) is 0. The van der Waals surface area contributed by atoms with Crippen molar-refractivity contribution in [2.24, 2.45) is 0 Å². The third-order valence-electron chi connectivity index (χ3n) is 2.44. The Bertz CT molecular complexity index is 143. The van der Waals surface area contributed by atoms with Crippen LogP contribution in [0, 0.1) is 0 Å². The van der Waals surface area contributed by atoms with Crippen molar-refractivity contribution in [3.8, 4) is 0 Å². The predicted octanol–water partition coefficient (Wildman–Crippen LogP) is 3.30. The van der Waals surface area contributed by atoms with Crippen LogP contribution in [-0.2, 0) is 4.74 Å². The van der Waals surface area contributed by atoms with Gasteiger partial charge in [0, 0.05) is 6.61 Å². The van der Waals surface area contributed by atoms with Crippen molar-refractivity contribution in [3.63, 3.8) is 0 Å². The molecule has 0 amide bonds. The topological polar surface area (TPSA) is 9.23 Å². The molecule has 0 N–H and O–H groups in total. The molecule has 70 valence electrons. The Labute approximate surface area is 75.8 Å². The first-order valence-corrected chi connectivity index (χ1v) is 5.13. The highest BCUT2D eigenvalue weighted by atomic mass is 16.5. The molecule has 0 aromatic rings. The summed E-state index contributed by atoms with van der Waals surface area (Å²) in [6.07, 6.45) is 9.02. The number of unbranched alkanes of at least 4 members (excludes halogenated alkanes) is 1. The fourth-order valence-corrected chi connectivity index (χ4v) is 1.60. The van der Waals surface area contributed by atoms with E-state index >= 15 is 0 Å². The van der Waals surface area contributed by atoms with E-state index in [1.165, 1.54) is 37.7 Å². The van der Waals surface area contributed by atoms with E-state index in [0.29, 0.717) is 6.10 Å². The van der Waals surface area contributed by atoms with Crippen LogP contribution in [0.2, 0.25) is 0 Å². The van der Waals surface area contributed by atoms with Crippen molar-refractivity contribution in [1.29, 1.82) is 0 Å². The molecule has 1 aliphatic heterocycles. The maximum absolute atomic E-state index is 5.67. The average molecular weight is 168 g/mol. The zero-order chi connectivity index (χ0) is 8.81. The van der Waals surface area contributed by atoms with Crippen molar-refractivity contribution >= 4 is 0 Å². The Morgan fingerprint density at radius 2 is 2.33 bits per heavy atom. The minimum absolute atomic E-state index is 0.435. The maximum atomic E-state index is 5.67. The lowest BCUT2D eigenvalue weighted by Gasteiger charge is -2.23. The molecule has 1 rings (SSSR count). The Morgan fingerprint density at radius 3 is 2.92 bits per heavy atom. The highest BCUT2D eigenvalue weighted by molar-refractivity contribution is 5.05. The van der Waals surface area contributed by atoms with Gasteiger partial charge in [0.1, 0.15) is 0 Å². The predicted molar refractivity (Wildman–Crippen MR) is 52.3 cm³/mol. The molecular weight excluding hydrogens is 148 g/mol. The average Bonchev–Trinajstić information content (AvgIpc) is 2.15. The molecule has 0 saturated carbocycles. The maximum Gasteiger partial charge on any atom is 0.0782 e. The lowest BCUT2D eigenvalue weighted by molar-refractivity contribution is 0.0392. The van der Waals surface area contributed by atoms with Gasteiger partial charge in [-0.2, -0.15) is 0 Å². The van der Waals surface area contributed by atoms with Crippen molar-refractivity contribution < 1.29 is 4.74 Å². The minimum atomic E-state index is 0.435. The van der Waals surface area contributed by atoms with Crippen molar-refractivity contribution in [2.75, 3.05) is 6.61 Å². The van der Waals surface area contributed by atoms with Crippen LogP contribution in [0.15, 0.2) is 11.6 Å². The summed E-state index contributed by atoms with van der Waals surface area (Å²) in [7, 11) is 0. The molecule has 0 aromatic heterocycles. The van der Waals surface area contributed by atoms with Gasteiger partial charge in [0.2, 0.25) is 0 Å². The number of allylic oxidation sites excluding steroid dienone is 1. The molecule has 1 atom stereocenters. The van der Waals surface area contributed by atoms with Gasteiger partial charge in [-0.15, -0.1) is 0 Å². The normalized spacial score (nSPS) is 25.8. The summed E-state index contributed by atoms with van der Waals surface area (Å²) in [4.78, 5) is 0. The quantitative estimate of drug-likeness (QED) is 0.587. The number of hydrogen-bond donors (Lipinski definition) is 0. The molecule has 1 heteroatoms. The smallest absolute Gasteiger partial charge is 0.0782 e. The van der Waals surface area contributed by atoms with Gasteiger partial charge in [-0.1, -0.05) is 19.4 Å². The number of ether oxygens (including phenoxy) is 1. The van der Waals surface area contributed by atoms with E-state index in [4.69, 9.17) is 4.74 Å². The van der Waals surface area contributed by atoms with E-state index in [1.54, 1.807) is 0 Å². The highest BCUT2D eigenvalue weighted by Crippen LogP contribution is 2.19. The van der Waals surface area contributed by atoms with Crippen LogP contribution in [-0.4, -0.2) is 12.7 Å². The lowest BCUT2D eigenvalue weighted by Crippen LogP contribution is -2.19. The van der Waals surface area contributed by atoms with Crippen LogP contribution >= 0.6 is 0 Å². The van der Waals surface area contributed by atoms with Crippen LogP contribution < -0.4 is 0 Å². The first kappa shape index (κ1) is 9.79. The first-order valence-electron chi connectivity index (χ1n) is 5.13. The second-order valence-electron chi connectivity index (χ2n) is 3.59. The van der Waals surface area contributed by atoms with E-state index in [1.807, 2.05) is 0 Å². The van der Waals surface area contributed by atoms with Gasteiger partial charge in [-0.3, -0.25) is 0 Å². The Kier molecular flexibility index (Phi) is 4.37. The van der Waals surface area contributed by atoms with Crippen LogP contribution in [0.4, 0.5) is 0 Å². The summed E-state index contributed by atoms with van der Waals surface area (Å²) in [6.45, 7) is 5.37. The summed E-state index contributed by atoms with van der Waals surface area (Å²) in [5.41, 5.74) is 1.44. The summed E-state index contributed by atoms with van der Waals surface area (Å²) in [6, 6.07) is 0. The molecule has 1 fully saturated rings. The zero-order valence-corrected chi connectivity index (χ0v) is 8.31. The summed E-state index contributed by atoms with van der Waals surface area (Å²) in [5.74, 6) is 0. The van der Waals surface area contributed by atoms with Gasteiger partial charge in [0.15, 0.2) is 0 Å². The SMILES string of the molecule is CCC/C=C(\C)C1CCCCO1. The molecule has 1 saturated heterocycles. The van der Waals surface area contributed by atoms with E-state index in [2.05, 4.69) is 19.9 Å². The van der Waals surface area contributed by atoms with Crippen molar-refractivity contribution in [3.05, 3.63) is 11.6 Å². The van der Waals surface area contributed by atoms with Gasteiger partial charge in [-0.25, -0.2) is 0 Å². The molecule has 1 nitrogen and oxygen atoms in total. The standard InChI is InChI=1S/C11H20O/c1-3-4-7-10(2)11-8-5-6-9-12-11/h7,11H,3-6,8-9H2,1-2H3/b10-7+. The largest absolute Gasteiger partial charge is 0.374 e. The first-order chi connectivity index (χ1) is 5.84. The van der Waals surface area contributed by atoms with Gasteiger partial charge in [0.05, 0.1) is 6.10 Å². The third kappa shape index (κ3) is 2.98. The van der Waals surface area contributed by atoms with Crippen LogP contribution in [0.3, 0.4) is 0 Å². The summed E-state index contributed by atoms with van der Waals surface area (Å²) >= 11 is 0. The second kappa shape index (κ2) is 5.36. The van der Waals surface area contributed by atoms with E-state index < -0.39 is 0 Å². The highest BCUT2D eigenvalue weighted by Gasteiger charge is 2.14. The lowest BCUT2D eigenvalue weighted by atomic mass is 10.0. The molecular formula is C11H20O. The monoisotopic (exact) mass is 168 g/mol. The molecule has 0 bridgehead atoms. The van der Waals surface area contributed by atoms with Gasteiger partial charge < -0.3 is 4.74 Å². The van der Waals surface area contributed by atoms with Gasteiger partial charge in [-0.05, 0) is 38.2 Å². The van der Waals surface area contributed by atoms with E-state index in [9.17, 15) is 0 Å². The van der Waals surface area contributed by atoms with Crippen LogP contribution in [0.25, 0.3) is 0 Å². The van der Waals surface area contributed by atoms with Gasteiger partial charge in [0.25, 0.3) is 0 Å². The van der Waals surface area contributed by atoms with E-state index in [-0.39, 0.29) is 0 Å². The van der Waals surface area contributed by atoms with Crippen LogP contribution in [0.5, 0.6) is 0 Å². The van der Waals surface area contributed by atoms with E-state index in [0.717, 1.165) is 6.61 Å². The minimum Gasteiger partial charge on any atom is -0.374 e. The molecule has 0 spiro atoms. The van der Waals surface area contributed by atoms with Crippen molar-refractivity contribution in [2.45, 2.75) is 52.1 Å². The Morgan fingerprint density at radius 1 is 1.50 bits per heavy atom. The molecule has 0 aliphatic carbocycles.